The molecule has 0 saturated heterocycles. The number of nitrogens with one attached hydrogen (secondary N) is 1. The maximum absolute atomic E-state index is 12.6. The minimum Gasteiger partial charge on any atom is -0.508 e. The molecule has 0 fully saturated rings. The van der Waals surface area contributed by atoms with Crippen LogP contribution in [0.25, 0.3) is 11.1 Å². The summed E-state index contributed by atoms with van der Waals surface area (Å²) in [5.74, 6) is -0.166. The lowest BCUT2D eigenvalue weighted by molar-refractivity contribution is 0.0954. The zero-order valence-corrected chi connectivity index (χ0v) is 14.3. The summed E-state index contributed by atoms with van der Waals surface area (Å²) in [6, 6.07) is 22.0. The van der Waals surface area contributed by atoms with Crippen molar-refractivity contribution in [2.45, 2.75) is 6.42 Å². The standard InChI is InChI=1S/C21H18ClNO2/c22-17-8-4-7-16(13-17)19-10-9-18(24)14-20(19)21(25)23-12-11-15-5-2-1-3-6-15/h1-10,13-14,24H,11-12H2,(H,23,25). The van der Waals surface area contributed by atoms with Gasteiger partial charge in [-0.05, 0) is 53.4 Å². The molecule has 0 unspecified atom stereocenters. The van der Waals surface area contributed by atoms with E-state index in [1.165, 1.54) is 6.07 Å². The number of carbonyl (C=O) groups is 1. The molecular formula is C21H18ClNO2. The number of phenols is 1. The predicted octanol–water partition coefficient (Wildman–Crippen LogP) is 4.69. The van der Waals surface area contributed by atoms with Crippen molar-refractivity contribution >= 4 is 17.5 Å². The van der Waals surface area contributed by atoms with E-state index < -0.39 is 0 Å². The zero-order valence-electron chi connectivity index (χ0n) is 13.6. The highest BCUT2D eigenvalue weighted by molar-refractivity contribution is 6.30. The molecule has 0 radical (unpaired) electrons. The van der Waals surface area contributed by atoms with Crippen molar-refractivity contribution in [2.24, 2.45) is 0 Å². The Kier molecular flexibility index (Phi) is 5.36. The number of amides is 1. The van der Waals surface area contributed by atoms with Gasteiger partial charge in [0.25, 0.3) is 5.91 Å². The van der Waals surface area contributed by atoms with E-state index in [0.717, 1.165) is 23.1 Å². The molecule has 126 valence electrons. The minimum atomic E-state index is -0.221. The van der Waals surface area contributed by atoms with Crippen molar-refractivity contribution in [1.82, 2.24) is 5.32 Å². The maximum atomic E-state index is 12.6. The molecule has 0 aromatic heterocycles. The van der Waals surface area contributed by atoms with Crippen molar-refractivity contribution in [3.05, 3.63) is 88.9 Å². The number of halogens is 1. The molecule has 4 heteroatoms. The van der Waals surface area contributed by atoms with Crippen molar-refractivity contribution in [2.75, 3.05) is 6.54 Å². The first-order valence-corrected chi connectivity index (χ1v) is 8.42. The minimum absolute atomic E-state index is 0.0546. The third-order valence-corrected chi connectivity index (χ3v) is 4.16. The lowest BCUT2D eigenvalue weighted by Gasteiger charge is -2.11. The SMILES string of the molecule is O=C(NCCc1ccccc1)c1cc(O)ccc1-c1cccc(Cl)c1. The Bertz CT molecular complexity index is 878. The maximum Gasteiger partial charge on any atom is 0.252 e. The van der Waals surface area contributed by atoms with E-state index in [4.69, 9.17) is 11.6 Å². The van der Waals surface area contributed by atoms with E-state index in [0.29, 0.717) is 17.1 Å². The number of carbonyl (C=O) groups excluding carboxylic acids is 1. The van der Waals surface area contributed by atoms with Crippen LogP contribution in [0, 0.1) is 0 Å². The Labute approximate surface area is 151 Å². The first-order chi connectivity index (χ1) is 12.1. The van der Waals surface area contributed by atoms with Crippen LogP contribution in [0.4, 0.5) is 0 Å². The van der Waals surface area contributed by atoms with Crippen LogP contribution in [0.3, 0.4) is 0 Å². The van der Waals surface area contributed by atoms with Crippen molar-refractivity contribution in [3.8, 4) is 16.9 Å². The zero-order chi connectivity index (χ0) is 17.6. The van der Waals surface area contributed by atoms with Crippen LogP contribution < -0.4 is 5.32 Å². The van der Waals surface area contributed by atoms with Crippen LogP contribution in [0.1, 0.15) is 15.9 Å². The van der Waals surface area contributed by atoms with Crippen molar-refractivity contribution < 1.29 is 9.90 Å². The van der Waals surface area contributed by atoms with Crippen LogP contribution in [-0.4, -0.2) is 17.6 Å². The molecule has 3 rings (SSSR count). The normalized spacial score (nSPS) is 10.4. The van der Waals surface area contributed by atoms with E-state index in [2.05, 4.69) is 5.32 Å². The number of phenolic OH excluding ortho intramolecular Hbond substituents is 1. The van der Waals surface area contributed by atoms with Gasteiger partial charge in [0.1, 0.15) is 5.75 Å². The Morgan fingerprint density at radius 1 is 0.960 bits per heavy atom. The molecule has 0 saturated carbocycles. The average Bonchev–Trinajstić information content (AvgIpc) is 2.62. The van der Waals surface area contributed by atoms with Gasteiger partial charge in [0.2, 0.25) is 0 Å². The number of benzene rings is 3. The summed E-state index contributed by atoms with van der Waals surface area (Å²) in [6.45, 7) is 0.521. The fourth-order valence-electron chi connectivity index (χ4n) is 2.69. The van der Waals surface area contributed by atoms with Gasteiger partial charge in [-0.2, -0.15) is 0 Å². The summed E-state index contributed by atoms with van der Waals surface area (Å²) >= 11 is 6.06. The average molecular weight is 352 g/mol. The van der Waals surface area contributed by atoms with E-state index >= 15 is 0 Å². The molecular weight excluding hydrogens is 334 g/mol. The monoisotopic (exact) mass is 351 g/mol. The molecule has 2 N–H and O–H groups in total. The number of aromatic hydroxyl groups is 1. The summed E-state index contributed by atoms with van der Waals surface area (Å²) in [7, 11) is 0. The molecule has 1 amide bonds. The highest BCUT2D eigenvalue weighted by Gasteiger charge is 2.14. The van der Waals surface area contributed by atoms with E-state index in [9.17, 15) is 9.90 Å². The molecule has 3 nitrogen and oxygen atoms in total. The molecule has 0 aliphatic rings. The Hall–Kier alpha value is -2.78. The van der Waals surface area contributed by atoms with Crippen LogP contribution in [-0.2, 0) is 6.42 Å². The first-order valence-electron chi connectivity index (χ1n) is 8.04. The fourth-order valence-corrected chi connectivity index (χ4v) is 2.88. The van der Waals surface area contributed by atoms with Crippen molar-refractivity contribution in [3.63, 3.8) is 0 Å². The van der Waals surface area contributed by atoms with E-state index in [1.54, 1.807) is 24.3 Å². The van der Waals surface area contributed by atoms with Gasteiger partial charge in [0.15, 0.2) is 0 Å². The number of rotatable bonds is 5. The van der Waals surface area contributed by atoms with Crippen LogP contribution in [0.15, 0.2) is 72.8 Å². The Morgan fingerprint density at radius 2 is 1.76 bits per heavy atom. The van der Waals surface area contributed by atoms with Gasteiger partial charge < -0.3 is 10.4 Å². The van der Waals surface area contributed by atoms with Gasteiger partial charge in [-0.25, -0.2) is 0 Å². The van der Waals surface area contributed by atoms with Gasteiger partial charge in [0, 0.05) is 11.6 Å². The summed E-state index contributed by atoms with van der Waals surface area (Å²) in [5, 5.41) is 13.3. The molecule has 0 aliphatic heterocycles. The number of hydrogen-bond donors (Lipinski definition) is 2. The third kappa shape index (κ3) is 4.40. The molecule has 3 aromatic carbocycles. The van der Waals surface area contributed by atoms with Gasteiger partial charge in [0.05, 0.1) is 5.56 Å². The largest absolute Gasteiger partial charge is 0.508 e. The van der Waals surface area contributed by atoms with Gasteiger partial charge >= 0.3 is 0 Å². The molecule has 0 atom stereocenters. The second kappa shape index (κ2) is 7.86. The topological polar surface area (TPSA) is 49.3 Å². The lowest BCUT2D eigenvalue weighted by atomic mass is 9.98. The third-order valence-electron chi connectivity index (χ3n) is 3.93. The van der Waals surface area contributed by atoms with Crippen LogP contribution in [0.5, 0.6) is 5.75 Å². The molecule has 25 heavy (non-hydrogen) atoms. The van der Waals surface area contributed by atoms with E-state index in [-0.39, 0.29) is 11.7 Å². The Morgan fingerprint density at radius 3 is 2.52 bits per heavy atom. The van der Waals surface area contributed by atoms with E-state index in [1.807, 2.05) is 42.5 Å². The summed E-state index contributed by atoms with van der Waals surface area (Å²) in [4.78, 5) is 12.6. The van der Waals surface area contributed by atoms with Crippen LogP contribution in [0.2, 0.25) is 5.02 Å². The molecule has 3 aromatic rings. The van der Waals surface area contributed by atoms with Gasteiger partial charge in [-0.1, -0.05) is 54.1 Å². The summed E-state index contributed by atoms with van der Waals surface area (Å²) in [6.07, 6.45) is 0.748. The van der Waals surface area contributed by atoms with Gasteiger partial charge in [-0.3, -0.25) is 4.79 Å². The predicted molar refractivity (Wildman–Crippen MR) is 101 cm³/mol. The van der Waals surface area contributed by atoms with Gasteiger partial charge in [-0.15, -0.1) is 0 Å². The fraction of sp³-hybridized carbons (Fsp3) is 0.0952. The lowest BCUT2D eigenvalue weighted by Crippen LogP contribution is -2.26. The summed E-state index contributed by atoms with van der Waals surface area (Å²) < 4.78 is 0. The Balaban J connectivity index is 1.78. The second-order valence-electron chi connectivity index (χ2n) is 5.73. The molecule has 0 spiro atoms. The van der Waals surface area contributed by atoms with Crippen LogP contribution >= 0.6 is 11.6 Å². The number of hydrogen-bond acceptors (Lipinski definition) is 2. The summed E-state index contributed by atoms with van der Waals surface area (Å²) in [5.41, 5.74) is 3.15. The second-order valence-corrected chi connectivity index (χ2v) is 6.17. The molecule has 0 heterocycles. The smallest absolute Gasteiger partial charge is 0.252 e. The first kappa shape index (κ1) is 17.1. The molecule has 0 aliphatic carbocycles. The van der Waals surface area contributed by atoms with Crippen molar-refractivity contribution in [1.29, 1.82) is 0 Å². The molecule has 0 bridgehead atoms. The quantitative estimate of drug-likeness (QED) is 0.700. The highest BCUT2D eigenvalue weighted by Crippen LogP contribution is 2.28. The highest BCUT2D eigenvalue weighted by atomic mass is 35.5.